The molecule has 0 bridgehead atoms. The topological polar surface area (TPSA) is 63.8 Å². The van der Waals surface area contributed by atoms with Crippen molar-refractivity contribution in [3.8, 4) is 5.75 Å². The van der Waals surface area contributed by atoms with E-state index in [-0.39, 0.29) is 5.91 Å². The summed E-state index contributed by atoms with van der Waals surface area (Å²) in [6.07, 6.45) is 1.44. The highest BCUT2D eigenvalue weighted by Crippen LogP contribution is 2.22. The number of benzene rings is 1. The van der Waals surface area contributed by atoms with Crippen molar-refractivity contribution in [2.24, 2.45) is 5.10 Å². The molecule has 2 aromatic rings. The van der Waals surface area contributed by atoms with Gasteiger partial charge in [0.25, 0.3) is 5.91 Å². The van der Waals surface area contributed by atoms with Crippen molar-refractivity contribution in [1.82, 2.24) is 5.43 Å². The molecule has 1 amide bonds. The fraction of sp³-hybridized carbons (Fsp3) is 0.143. The summed E-state index contributed by atoms with van der Waals surface area (Å²) in [6.45, 7) is 1.84. The Labute approximate surface area is 124 Å². The summed E-state index contributed by atoms with van der Waals surface area (Å²) in [4.78, 5) is 12.0. The summed E-state index contributed by atoms with van der Waals surface area (Å²) in [5, 5.41) is 3.85. The second kappa shape index (κ2) is 6.38. The lowest BCUT2D eigenvalue weighted by atomic mass is 10.2. The molecule has 0 aliphatic carbocycles. The minimum atomic E-state index is -0.359. The highest BCUT2D eigenvalue weighted by molar-refractivity contribution is 9.10. The van der Waals surface area contributed by atoms with Crippen LogP contribution in [0.1, 0.15) is 21.9 Å². The maximum Gasteiger partial charge on any atom is 0.275 e. The maximum absolute atomic E-state index is 12.0. The molecule has 0 aliphatic rings. The number of aryl methyl sites for hydroxylation is 1. The predicted molar refractivity (Wildman–Crippen MR) is 79.2 cm³/mol. The van der Waals surface area contributed by atoms with Crippen molar-refractivity contribution < 1.29 is 13.9 Å². The van der Waals surface area contributed by atoms with Crippen LogP contribution in [0.4, 0.5) is 0 Å². The molecular formula is C14H13BrN2O3. The highest BCUT2D eigenvalue weighted by atomic mass is 79.9. The summed E-state index contributed by atoms with van der Waals surface area (Å²) in [5.41, 5.74) is 2.83. The van der Waals surface area contributed by atoms with Crippen molar-refractivity contribution in [2.45, 2.75) is 6.92 Å². The zero-order chi connectivity index (χ0) is 14.5. The van der Waals surface area contributed by atoms with Crippen LogP contribution in [-0.4, -0.2) is 19.2 Å². The summed E-state index contributed by atoms with van der Waals surface area (Å²) in [5.74, 6) is 1.48. The van der Waals surface area contributed by atoms with Crippen LogP contribution >= 0.6 is 15.9 Å². The molecule has 1 heterocycles. The van der Waals surface area contributed by atoms with Gasteiger partial charge in [-0.1, -0.05) is 15.9 Å². The number of carbonyl (C=O) groups is 1. The van der Waals surface area contributed by atoms with Crippen molar-refractivity contribution >= 4 is 28.1 Å². The zero-order valence-corrected chi connectivity index (χ0v) is 12.6. The van der Waals surface area contributed by atoms with Crippen LogP contribution in [0.2, 0.25) is 0 Å². The Bertz CT molecular complexity index is 650. The van der Waals surface area contributed by atoms with E-state index in [1.165, 1.54) is 13.3 Å². The number of nitrogens with one attached hydrogen (secondary N) is 1. The maximum atomic E-state index is 12.0. The van der Waals surface area contributed by atoms with E-state index < -0.39 is 0 Å². The monoisotopic (exact) mass is 336 g/mol. The van der Waals surface area contributed by atoms with Gasteiger partial charge in [-0.2, -0.15) is 5.10 Å². The molecule has 0 saturated carbocycles. The normalized spacial score (nSPS) is 10.8. The Morgan fingerprint density at radius 2 is 2.20 bits per heavy atom. The average molecular weight is 337 g/mol. The van der Waals surface area contributed by atoms with Crippen molar-refractivity contribution in [1.29, 1.82) is 0 Å². The molecule has 0 unspecified atom stereocenters. The molecule has 1 aromatic carbocycles. The molecule has 0 aliphatic heterocycles. The van der Waals surface area contributed by atoms with Crippen LogP contribution < -0.4 is 10.2 Å². The number of carbonyl (C=O) groups excluding carboxylic acids is 1. The molecule has 0 atom stereocenters. The number of hydrogen-bond donors (Lipinski definition) is 1. The molecule has 0 radical (unpaired) electrons. The van der Waals surface area contributed by atoms with Gasteiger partial charge in [-0.05, 0) is 37.3 Å². The third kappa shape index (κ3) is 3.48. The Morgan fingerprint density at radius 1 is 1.40 bits per heavy atom. The second-order valence-electron chi connectivity index (χ2n) is 3.99. The minimum Gasteiger partial charge on any atom is -0.496 e. The fourth-order valence-electron chi connectivity index (χ4n) is 1.60. The number of nitrogens with zero attached hydrogens (tertiary/aromatic N) is 1. The lowest BCUT2D eigenvalue weighted by molar-refractivity contribution is 0.0952. The number of hydrogen-bond acceptors (Lipinski definition) is 4. The van der Waals surface area contributed by atoms with E-state index in [1.807, 2.05) is 13.0 Å². The Hall–Kier alpha value is -2.08. The Kier molecular flexibility index (Phi) is 4.57. The molecule has 20 heavy (non-hydrogen) atoms. The first-order valence-corrected chi connectivity index (χ1v) is 6.63. The standard InChI is InChI=1S/C14H13BrN2O3/c1-9-3-5-11(20-9)8-16-17-14(18)12-7-10(15)4-6-13(12)19-2/h3-8H,1-2H3,(H,17,18)/b16-8-. The van der Waals surface area contributed by atoms with E-state index >= 15 is 0 Å². The van der Waals surface area contributed by atoms with E-state index in [4.69, 9.17) is 9.15 Å². The van der Waals surface area contributed by atoms with Gasteiger partial charge in [0.1, 0.15) is 17.3 Å². The molecule has 1 aromatic heterocycles. The van der Waals surface area contributed by atoms with Gasteiger partial charge in [0.05, 0.1) is 18.9 Å². The minimum absolute atomic E-state index is 0.359. The van der Waals surface area contributed by atoms with Crippen LogP contribution in [-0.2, 0) is 0 Å². The summed E-state index contributed by atoms with van der Waals surface area (Å²) in [7, 11) is 1.51. The fourth-order valence-corrected chi connectivity index (χ4v) is 1.96. The van der Waals surface area contributed by atoms with Gasteiger partial charge in [-0.3, -0.25) is 4.79 Å². The number of amides is 1. The van der Waals surface area contributed by atoms with Crippen molar-refractivity contribution in [3.63, 3.8) is 0 Å². The number of halogens is 1. The average Bonchev–Trinajstić information content (AvgIpc) is 2.84. The molecule has 2 rings (SSSR count). The third-order valence-electron chi connectivity index (χ3n) is 2.53. The third-order valence-corrected chi connectivity index (χ3v) is 3.02. The predicted octanol–water partition coefficient (Wildman–Crippen LogP) is 3.12. The molecule has 0 fully saturated rings. The number of furan rings is 1. The van der Waals surface area contributed by atoms with Crippen molar-refractivity contribution in [2.75, 3.05) is 7.11 Å². The molecule has 6 heteroatoms. The largest absolute Gasteiger partial charge is 0.496 e. The quantitative estimate of drug-likeness (QED) is 0.689. The van der Waals surface area contributed by atoms with Crippen LogP contribution in [0.5, 0.6) is 5.75 Å². The van der Waals surface area contributed by atoms with Gasteiger partial charge in [0, 0.05) is 4.47 Å². The number of methoxy groups -OCH3 is 1. The van der Waals surface area contributed by atoms with Gasteiger partial charge in [0.15, 0.2) is 0 Å². The Balaban J connectivity index is 2.08. The van der Waals surface area contributed by atoms with Crippen LogP contribution in [0.25, 0.3) is 0 Å². The molecule has 0 saturated heterocycles. The SMILES string of the molecule is COc1ccc(Br)cc1C(=O)N/N=C\c1ccc(C)o1. The van der Waals surface area contributed by atoms with Crippen molar-refractivity contribution in [3.05, 3.63) is 51.9 Å². The van der Waals surface area contributed by atoms with E-state index in [9.17, 15) is 4.79 Å². The smallest absolute Gasteiger partial charge is 0.275 e. The lowest BCUT2D eigenvalue weighted by Crippen LogP contribution is -2.18. The summed E-state index contributed by atoms with van der Waals surface area (Å²) in [6, 6.07) is 8.76. The van der Waals surface area contributed by atoms with E-state index in [0.717, 1.165) is 10.2 Å². The van der Waals surface area contributed by atoms with Gasteiger partial charge >= 0.3 is 0 Å². The van der Waals surface area contributed by atoms with Crippen LogP contribution in [0, 0.1) is 6.92 Å². The molecular weight excluding hydrogens is 324 g/mol. The number of hydrazone groups is 1. The van der Waals surface area contributed by atoms with Crippen LogP contribution in [0.3, 0.4) is 0 Å². The lowest BCUT2D eigenvalue weighted by Gasteiger charge is -2.07. The zero-order valence-electron chi connectivity index (χ0n) is 11.0. The summed E-state index contributed by atoms with van der Waals surface area (Å²) >= 11 is 3.31. The highest BCUT2D eigenvalue weighted by Gasteiger charge is 2.11. The first kappa shape index (κ1) is 14.3. The van der Waals surface area contributed by atoms with Gasteiger partial charge in [0.2, 0.25) is 0 Å². The molecule has 1 N–H and O–H groups in total. The first-order chi connectivity index (χ1) is 9.60. The number of ether oxygens (including phenoxy) is 1. The summed E-state index contributed by atoms with van der Waals surface area (Å²) < 4.78 is 11.2. The van der Waals surface area contributed by atoms with Crippen LogP contribution in [0.15, 0.2) is 44.3 Å². The number of rotatable bonds is 4. The Morgan fingerprint density at radius 3 is 2.85 bits per heavy atom. The van der Waals surface area contributed by atoms with E-state index in [2.05, 4.69) is 26.5 Å². The first-order valence-electron chi connectivity index (χ1n) is 5.83. The molecule has 104 valence electrons. The molecule has 5 nitrogen and oxygen atoms in total. The van der Waals surface area contributed by atoms with E-state index in [0.29, 0.717) is 17.1 Å². The van der Waals surface area contributed by atoms with Gasteiger partial charge in [-0.15, -0.1) is 0 Å². The van der Waals surface area contributed by atoms with Gasteiger partial charge < -0.3 is 9.15 Å². The van der Waals surface area contributed by atoms with E-state index in [1.54, 1.807) is 24.3 Å². The van der Waals surface area contributed by atoms with Gasteiger partial charge in [-0.25, -0.2) is 5.43 Å². The molecule has 0 spiro atoms. The second-order valence-corrected chi connectivity index (χ2v) is 4.91.